The Balaban J connectivity index is 2.26. The summed E-state index contributed by atoms with van der Waals surface area (Å²) in [5, 5.41) is 0.349. The van der Waals surface area contributed by atoms with Crippen LogP contribution in [0.5, 0.6) is 28.7 Å². The average Bonchev–Trinajstić information content (AvgIpc) is 2.71. The predicted octanol–water partition coefficient (Wildman–Crippen LogP) is 3.89. The quantitative estimate of drug-likeness (QED) is 0.610. The van der Waals surface area contributed by atoms with Gasteiger partial charge in [-0.25, -0.2) is 0 Å². The zero-order chi connectivity index (χ0) is 20.3. The maximum Gasteiger partial charge on any atom is 0.203 e. The SMILES string of the molecule is CCOc1cc(OC)c2c(=O)cc(-c3cc(OC)c(OC)c(OC)c3)oc2c1. The number of ether oxygens (including phenoxy) is 5. The van der Waals surface area contributed by atoms with Gasteiger partial charge in [0, 0.05) is 23.8 Å². The Morgan fingerprint density at radius 2 is 1.46 bits per heavy atom. The highest BCUT2D eigenvalue weighted by Crippen LogP contribution is 2.41. The Morgan fingerprint density at radius 3 is 2.00 bits per heavy atom. The van der Waals surface area contributed by atoms with Crippen molar-refractivity contribution in [2.45, 2.75) is 6.92 Å². The van der Waals surface area contributed by atoms with E-state index in [0.717, 1.165) is 0 Å². The van der Waals surface area contributed by atoms with E-state index in [1.54, 1.807) is 24.3 Å². The molecule has 0 aliphatic heterocycles. The van der Waals surface area contributed by atoms with Gasteiger partial charge in [-0.05, 0) is 19.1 Å². The number of benzene rings is 2. The minimum Gasteiger partial charge on any atom is -0.496 e. The lowest BCUT2D eigenvalue weighted by Gasteiger charge is -2.14. The number of methoxy groups -OCH3 is 4. The fourth-order valence-electron chi connectivity index (χ4n) is 3.00. The van der Waals surface area contributed by atoms with Crippen molar-refractivity contribution in [2.75, 3.05) is 35.0 Å². The van der Waals surface area contributed by atoms with Gasteiger partial charge in [0.2, 0.25) is 5.75 Å². The van der Waals surface area contributed by atoms with E-state index in [2.05, 4.69) is 0 Å². The third-order valence-electron chi connectivity index (χ3n) is 4.25. The van der Waals surface area contributed by atoms with Gasteiger partial charge in [-0.15, -0.1) is 0 Å². The van der Waals surface area contributed by atoms with Crippen molar-refractivity contribution in [1.29, 1.82) is 0 Å². The Kier molecular flexibility index (Phi) is 5.63. The zero-order valence-electron chi connectivity index (χ0n) is 16.5. The summed E-state index contributed by atoms with van der Waals surface area (Å²) in [6.45, 7) is 2.35. The van der Waals surface area contributed by atoms with Gasteiger partial charge in [0.15, 0.2) is 16.9 Å². The van der Waals surface area contributed by atoms with E-state index < -0.39 is 0 Å². The highest BCUT2D eigenvalue weighted by atomic mass is 16.5. The second-order valence-electron chi connectivity index (χ2n) is 5.82. The largest absolute Gasteiger partial charge is 0.496 e. The first-order valence-electron chi connectivity index (χ1n) is 8.65. The van der Waals surface area contributed by atoms with Crippen molar-refractivity contribution in [2.24, 2.45) is 0 Å². The number of hydrogen-bond donors (Lipinski definition) is 0. The van der Waals surface area contributed by atoms with Gasteiger partial charge in [0.25, 0.3) is 0 Å². The second-order valence-corrected chi connectivity index (χ2v) is 5.82. The van der Waals surface area contributed by atoms with Crippen LogP contribution in [0, 0.1) is 0 Å². The van der Waals surface area contributed by atoms with Crippen molar-refractivity contribution in [3.05, 3.63) is 40.6 Å². The second kappa shape index (κ2) is 8.12. The topological polar surface area (TPSA) is 76.4 Å². The molecule has 0 atom stereocenters. The molecule has 28 heavy (non-hydrogen) atoms. The smallest absolute Gasteiger partial charge is 0.203 e. The molecule has 0 spiro atoms. The molecular formula is C21H22O7. The molecule has 0 amide bonds. The molecule has 0 fully saturated rings. The monoisotopic (exact) mass is 386 g/mol. The van der Waals surface area contributed by atoms with Crippen LogP contribution in [0.2, 0.25) is 0 Å². The van der Waals surface area contributed by atoms with Gasteiger partial charge < -0.3 is 28.1 Å². The highest BCUT2D eigenvalue weighted by Gasteiger charge is 2.18. The Bertz CT molecular complexity index is 1030. The van der Waals surface area contributed by atoms with E-state index in [9.17, 15) is 4.79 Å². The van der Waals surface area contributed by atoms with Crippen LogP contribution in [0.4, 0.5) is 0 Å². The molecule has 3 aromatic rings. The fourth-order valence-corrected chi connectivity index (χ4v) is 3.00. The minimum atomic E-state index is -0.232. The lowest BCUT2D eigenvalue weighted by Crippen LogP contribution is -2.04. The zero-order valence-corrected chi connectivity index (χ0v) is 16.5. The van der Waals surface area contributed by atoms with Crippen molar-refractivity contribution >= 4 is 11.0 Å². The molecule has 0 unspecified atom stereocenters. The normalized spacial score (nSPS) is 10.6. The Hall–Kier alpha value is -3.35. The van der Waals surface area contributed by atoms with Crippen LogP contribution in [-0.2, 0) is 0 Å². The van der Waals surface area contributed by atoms with Gasteiger partial charge in [-0.2, -0.15) is 0 Å². The van der Waals surface area contributed by atoms with E-state index in [0.29, 0.717) is 57.6 Å². The molecule has 0 saturated carbocycles. The molecule has 1 heterocycles. The molecule has 0 bridgehead atoms. The molecule has 0 radical (unpaired) electrons. The Morgan fingerprint density at radius 1 is 0.821 bits per heavy atom. The summed E-state index contributed by atoms with van der Waals surface area (Å²) < 4.78 is 33.0. The summed E-state index contributed by atoms with van der Waals surface area (Å²) in [6, 6.07) is 8.18. The molecule has 148 valence electrons. The molecule has 7 heteroatoms. The van der Waals surface area contributed by atoms with Crippen LogP contribution in [-0.4, -0.2) is 35.0 Å². The van der Waals surface area contributed by atoms with Crippen molar-refractivity contribution < 1.29 is 28.1 Å². The first kappa shape index (κ1) is 19.4. The van der Waals surface area contributed by atoms with E-state index >= 15 is 0 Å². The van der Waals surface area contributed by atoms with Crippen LogP contribution < -0.4 is 29.1 Å². The van der Waals surface area contributed by atoms with E-state index in [1.807, 2.05) is 6.92 Å². The maximum atomic E-state index is 12.8. The Labute approximate surface area is 162 Å². The predicted molar refractivity (Wildman–Crippen MR) is 105 cm³/mol. The summed E-state index contributed by atoms with van der Waals surface area (Å²) in [7, 11) is 6.07. The van der Waals surface area contributed by atoms with E-state index in [4.69, 9.17) is 28.1 Å². The molecule has 1 aromatic heterocycles. The van der Waals surface area contributed by atoms with Crippen LogP contribution >= 0.6 is 0 Å². The fraction of sp³-hybridized carbons (Fsp3) is 0.286. The lowest BCUT2D eigenvalue weighted by molar-refractivity contribution is 0.324. The van der Waals surface area contributed by atoms with Gasteiger partial charge in [0.1, 0.15) is 28.2 Å². The number of hydrogen-bond acceptors (Lipinski definition) is 7. The molecule has 0 aliphatic carbocycles. The standard InChI is InChI=1S/C21H22O7/c1-6-27-13-9-16(23-2)20-14(22)11-15(28-17(20)10-13)12-7-18(24-3)21(26-5)19(8-12)25-4/h7-11H,6H2,1-5H3. The van der Waals surface area contributed by atoms with Crippen molar-refractivity contribution in [3.63, 3.8) is 0 Å². The van der Waals surface area contributed by atoms with Gasteiger partial charge in [-0.1, -0.05) is 0 Å². The van der Waals surface area contributed by atoms with Crippen molar-refractivity contribution in [1.82, 2.24) is 0 Å². The van der Waals surface area contributed by atoms with Crippen molar-refractivity contribution in [3.8, 4) is 40.1 Å². The lowest BCUT2D eigenvalue weighted by atomic mass is 10.1. The number of fused-ring (bicyclic) bond motifs is 1. The molecule has 0 saturated heterocycles. The third-order valence-corrected chi connectivity index (χ3v) is 4.25. The first-order valence-corrected chi connectivity index (χ1v) is 8.65. The molecule has 2 aromatic carbocycles. The molecular weight excluding hydrogens is 364 g/mol. The molecule has 0 aliphatic rings. The first-order chi connectivity index (χ1) is 13.6. The summed E-state index contributed by atoms with van der Waals surface area (Å²) in [5.74, 6) is 2.67. The summed E-state index contributed by atoms with van der Waals surface area (Å²) in [5.41, 5.74) is 0.734. The molecule has 3 rings (SSSR count). The molecule has 0 N–H and O–H groups in total. The summed E-state index contributed by atoms with van der Waals surface area (Å²) in [4.78, 5) is 12.8. The van der Waals surface area contributed by atoms with Crippen LogP contribution in [0.3, 0.4) is 0 Å². The number of rotatable bonds is 7. The minimum absolute atomic E-state index is 0.232. The molecule has 7 nitrogen and oxygen atoms in total. The van der Waals surface area contributed by atoms with Gasteiger partial charge in [0.05, 0.1) is 35.0 Å². The van der Waals surface area contributed by atoms with Gasteiger partial charge in [-0.3, -0.25) is 4.79 Å². The van der Waals surface area contributed by atoms with Crippen LogP contribution in [0.15, 0.2) is 39.5 Å². The average molecular weight is 386 g/mol. The maximum absolute atomic E-state index is 12.8. The summed E-state index contributed by atoms with van der Waals surface area (Å²) >= 11 is 0. The highest BCUT2D eigenvalue weighted by molar-refractivity contribution is 5.86. The van der Waals surface area contributed by atoms with E-state index in [-0.39, 0.29) is 5.43 Å². The van der Waals surface area contributed by atoms with Gasteiger partial charge >= 0.3 is 0 Å². The van der Waals surface area contributed by atoms with Crippen LogP contribution in [0.1, 0.15) is 6.92 Å². The third kappa shape index (κ3) is 3.43. The summed E-state index contributed by atoms with van der Waals surface area (Å²) in [6.07, 6.45) is 0. The van der Waals surface area contributed by atoms with Crippen LogP contribution in [0.25, 0.3) is 22.3 Å². The van der Waals surface area contributed by atoms with E-state index in [1.165, 1.54) is 34.5 Å².